The largest absolute Gasteiger partial charge is 0.480 e. The van der Waals surface area contributed by atoms with Crippen LogP contribution in [0.3, 0.4) is 0 Å². The monoisotopic (exact) mass is 426 g/mol. The van der Waals surface area contributed by atoms with E-state index in [9.17, 15) is 4.79 Å². The molecule has 0 fully saturated rings. The molecule has 0 bridgehead atoms. The molecular weight excluding hydrogens is 404 g/mol. The first-order valence-electron chi connectivity index (χ1n) is 10.4. The number of ether oxygens (including phenoxy) is 2. The van der Waals surface area contributed by atoms with Crippen molar-refractivity contribution in [2.75, 3.05) is 20.8 Å². The molecule has 1 aliphatic heterocycles. The maximum absolute atomic E-state index is 13.4. The van der Waals surface area contributed by atoms with Crippen LogP contribution in [0.15, 0.2) is 60.7 Å². The highest BCUT2D eigenvalue weighted by Crippen LogP contribution is 2.37. The number of nitrogens with zero attached hydrogens (tertiary/aromatic N) is 4. The number of amides is 1. The lowest BCUT2D eigenvalue weighted by atomic mass is 9.97. The van der Waals surface area contributed by atoms with Gasteiger partial charge in [0.25, 0.3) is 5.91 Å². The van der Waals surface area contributed by atoms with E-state index in [1.807, 2.05) is 53.4 Å². The van der Waals surface area contributed by atoms with Crippen LogP contribution in [0, 0.1) is 0 Å². The van der Waals surface area contributed by atoms with Crippen LogP contribution < -0.4 is 9.47 Å². The van der Waals surface area contributed by atoms with E-state index in [0.29, 0.717) is 42.4 Å². The maximum Gasteiger partial charge on any atom is 0.255 e. The van der Waals surface area contributed by atoms with E-state index >= 15 is 0 Å². The molecule has 32 heavy (non-hydrogen) atoms. The Morgan fingerprint density at radius 2 is 1.81 bits per heavy atom. The highest BCUT2D eigenvalue weighted by atomic mass is 16.5. The summed E-state index contributed by atoms with van der Waals surface area (Å²) in [4.78, 5) is 20.0. The number of carbonyl (C=O) groups excluding carboxylic acids is 1. The van der Waals surface area contributed by atoms with Gasteiger partial charge >= 0.3 is 0 Å². The molecule has 0 saturated heterocycles. The standard InChI is InChI=1S/C25H22N4O3/c1-31-22-14-20(24(32-2)28-27-22)19-8-5-7-17-15-29(25(30)23(17)19)13-12-18-11-10-16-6-3-4-9-21(16)26-18/h3-11,14H,12-13,15H2,1-2H3. The molecule has 0 atom stereocenters. The van der Waals surface area contributed by atoms with Crippen molar-refractivity contribution in [2.24, 2.45) is 0 Å². The number of para-hydroxylation sites is 1. The zero-order valence-corrected chi connectivity index (χ0v) is 17.9. The van der Waals surface area contributed by atoms with Gasteiger partial charge in [0.05, 0.1) is 30.9 Å². The van der Waals surface area contributed by atoms with Gasteiger partial charge in [-0.3, -0.25) is 9.78 Å². The number of aromatic nitrogens is 3. The van der Waals surface area contributed by atoms with Crippen LogP contribution >= 0.6 is 0 Å². The van der Waals surface area contributed by atoms with Crippen molar-refractivity contribution >= 4 is 16.8 Å². The summed E-state index contributed by atoms with van der Waals surface area (Å²) < 4.78 is 10.6. The highest BCUT2D eigenvalue weighted by Gasteiger charge is 2.31. The van der Waals surface area contributed by atoms with Gasteiger partial charge in [-0.05, 0) is 17.7 Å². The SMILES string of the molecule is COc1cc(-c2cccc3c2C(=O)N(CCc2ccc4ccccc4n2)C3)c(OC)nn1. The number of hydrogen-bond acceptors (Lipinski definition) is 6. The van der Waals surface area contributed by atoms with E-state index in [4.69, 9.17) is 14.5 Å². The Bertz CT molecular complexity index is 1320. The topological polar surface area (TPSA) is 77.4 Å². The first-order valence-corrected chi connectivity index (χ1v) is 10.4. The molecule has 0 aliphatic carbocycles. The summed E-state index contributed by atoms with van der Waals surface area (Å²) in [6, 6.07) is 19.7. The number of carbonyl (C=O) groups is 1. The minimum atomic E-state index is -0.00535. The molecule has 0 unspecified atom stereocenters. The summed E-state index contributed by atoms with van der Waals surface area (Å²) in [7, 11) is 3.07. The van der Waals surface area contributed by atoms with Crippen LogP contribution in [0.5, 0.6) is 11.8 Å². The normalized spacial score (nSPS) is 12.8. The van der Waals surface area contributed by atoms with Crippen molar-refractivity contribution in [2.45, 2.75) is 13.0 Å². The fraction of sp³-hybridized carbons (Fsp3) is 0.200. The number of rotatable bonds is 6. The first kappa shape index (κ1) is 19.9. The third-order valence-corrected chi connectivity index (χ3v) is 5.74. The Hall–Kier alpha value is -4.00. The van der Waals surface area contributed by atoms with E-state index in [1.165, 1.54) is 14.2 Å². The van der Waals surface area contributed by atoms with Gasteiger partial charge in [0.2, 0.25) is 11.8 Å². The molecule has 0 saturated carbocycles. The maximum atomic E-state index is 13.4. The van der Waals surface area contributed by atoms with Crippen molar-refractivity contribution in [3.8, 4) is 22.9 Å². The van der Waals surface area contributed by atoms with E-state index in [-0.39, 0.29) is 5.91 Å². The van der Waals surface area contributed by atoms with Crippen molar-refractivity contribution in [1.29, 1.82) is 0 Å². The highest BCUT2D eigenvalue weighted by molar-refractivity contribution is 6.05. The lowest BCUT2D eigenvalue weighted by Gasteiger charge is -2.16. The van der Waals surface area contributed by atoms with Crippen LogP contribution in [0.1, 0.15) is 21.6 Å². The molecule has 1 amide bonds. The molecule has 1 aliphatic rings. The summed E-state index contributed by atoms with van der Waals surface area (Å²) in [6.45, 7) is 1.15. The minimum Gasteiger partial charge on any atom is -0.480 e. The molecule has 160 valence electrons. The Morgan fingerprint density at radius 1 is 0.938 bits per heavy atom. The Morgan fingerprint density at radius 3 is 2.66 bits per heavy atom. The second-order valence-corrected chi connectivity index (χ2v) is 7.62. The Kier molecular flexibility index (Phi) is 5.15. The molecule has 3 heterocycles. The first-order chi connectivity index (χ1) is 15.7. The van der Waals surface area contributed by atoms with Crippen molar-refractivity contribution < 1.29 is 14.3 Å². The lowest BCUT2D eigenvalue weighted by Crippen LogP contribution is -2.26. The lowest BCUT2D eigenvalue weighted by molar-refractivity contribution is 0.0780. The van der Waals surface area contributed by atoms with Gasteiger partial charge in [-0.2, -0.15) is 0 Å². The number of benzene rings is 2. The molecule has 7 nitrogen and oxygen atoms in total. The average molecular weight is 426 g/mol. The summed E-state index contributed by atoms with van der Waals surface area (Å²) in [5.41, 5.74) is 5.04. The fourth-order valence-electron chi connectivity index (χ4n) is 4.13. The van der Waals surface area contributed by atoms with Gasteiger partial charge in [-0.15, -0.1) is 10.2 Å². The number of fused-ring (bicyclic) bond motifs is 2. The van der Waals surface area contributed by atoms with E-state index in [1.54, 1.807) is 6.07 Å². The van der Waals surface area contributed by atoms with Crippen molar-refractivity contribution in [3.63, 3.8) is 0 Å². The van der Waals surface area contributed by atoms with E-state index < -0.39 is 0 Å². The predicted molar refractivity (Wildman–Crippen MR) is 121 cm³/mol. The quantitative estimate of drug-likeness (QED) is 0.465. The van der Waals surface area contributed by atoms with Crippen molar-refractivity contribution in [3.05, 3.63) is 77.5 Å². The molecule has 2 aromatic carbocycles. The molecule has 0 spiro atoms. The molecular formula is C25H22N4O3. The van der Waals surface area contributed by atoms with Crippen LogP contribution in [-0.4, -0.2) is 46.8 Å². The van der Waals surface area contributed by atoms with Crippen molar-refractivity contribution in [1.82, 2.24) is 20.1 Å². The minimum absolute atomic E-state index is 0.00535. The van der Waals surface area contributed by atoms with Gasteiger partial charge in [-0.1, -0.05) is 42.5 Å². The summed E-state index contributed by atoms with van der Waals surface area (Å²) in [5, 5.41) is 9.16. The van der Waals surface area contributed by atoms with Gasteiger partial charge in [-0.25, -0.2) is 0 Å². The van der Waals surface area contributed by atoms with Gasteiger partial charge < -0.3 is 14.4 Å². The third kappa shape index (κ3) is 3.51. The van der Waals surface area contributed by atoms with Gasteiger partial charge in [0, 0.05) is 42.2 Å². The molecule has 5 rings (SSSR count). The molecule has 0 N–H and O–H groups in total. The van der Waals surface area contributed by atoms with E-state index in [2.05, 4.69) is 16.3 Å². The van der Waals surface area contributed by atoms with Crippen LogP contribution in [-0.2, 0) is 13.0 Å². The fourth-order valence-corrected chi connectivity index (χ4v) is 4.13. The zero-order valence-electron chi connectivity index (χ0n) is 17.9. The van der Waals surface area contributed by atoms with Crippen LogP contribution in [0.4, 0.5) is 0 Å². The second-order valence-electron chi connectivity index (χ2n) is 7.62. The molecule has 7 heteroatoms. The third-order valence-electron chi connectivity index (χ3n) is 5.74. The van der Waals surface area contributed by atoms with Gasteiger partial charge in [0.1, 0.15) is 0 Å². The number of methoxy groups -OCH3 is 2. The zero-order chi connectivity index (χ0) is 22.1. The summed E-state index contributed by atoms with van der Waals surface area (Å²) in [6.07, 6.45) is 0.688. The van der Waals surface area contributed by atoms with Gasteiger partial charge in [0.15, 0.2) is 0 Å². The molecule has 4 aromatic rings. The number of pyridine rings is 1. The number of hydrogen-bond donors (Lipinski definition) is 0. The second kappa shape index (κ2) is 8.26. The summed E-state index contributed by atoms with van der Waals surface area (Å²) >= 11 is 0. The Balaban J connectivity index is 1.42. The Labute approximate surface area is 185 Å². The molecule has 2 aromatic heterocycles. The average Bonchev–Trinajstić information content (AvgIpc) is 3.17. The van der Waals surface area contributed by atoms with E-state index in [0.717, 1.165) is 27.7 Å². The predicted octanol–water partition coefficient (Wildman–Crippen LogP) is 3.91. The smallest absolute Gasteiger partial charge is 0.255 e. The summed E-state index contributed by atoms with van der Waals surface area (Å²) in [5.74, 6) is 0.711. The molecule has 0 radical (unpaired) electrons. The van der Waals surface area contributed by atoms with Crippen LogP contribution in [0.2, 0.25) is 0 Å². The van der Waals surface area contributed by atoms with Crippen LogP contribution in [0.25, 0.3) is 22.0 Å².